The monoisotopic (exact) mass is 414 g/mol. The summed E-state index contributed by atoms with van der Waals surface area (Å²) in [5.74, 6) is -0.314. The number of nitrogens with zero attached hydrogens (tertiary/aromatic N) is 1. The van der Waals surface area contributed by atoms with Crippen molar-refractivity contribution in [2.24, 2.45) is 0 Å². The van der Waals surface area contributed by atoms with E-state index in [1.54, 1.807) is 0 Å². The Morgan fingerprint density at radius 2 is 1.71 bits per heavy atom. The molecule has 1 amide bonds. The number of amides is 1. The molecule has 0 bridgehead atoms. The summed E-state index contributed by atoms with van der Waals surface area (Å²) in [5.41, 5.74) is 0.679. The second kappa shape index (κ2) is 7.54. The van der Waals surface area contributed by atoms with E-state index < -0.39 is 16.1 Å². The van der Waals surface area contributed by atoms with E-state index in [9.17, 15) is 13.2 Å². The van der Waals surface area contributed by atoms with Crippen LogP contribution in [0.3, 0.4) is 0 Å². The first kappa shape index (κ1) is 18.9. The Kier molecular flexibility index (Phi) is 5.10. The highest BCUT2D eigenvalue weighted by molar-refractivity contribution is 7.89. The standard InChI is InChI=1S/C21H19ClN2O3S/c22-16-10-12-17(13-11-16)28(26,27)24-14-4-9-20(24)21(25)23-19-8-3-6-15-5-1-2-7-18(15)19/h1-3,5-8,10-13,20H,4,9,14H2,(H,23,25). The van der Waals surface area contributed by atoms with Crippen LogP contribution in [0.4, 0.5) is 5.69 Å². The molecule has 7 heteroatoms. The molecule has 144 valence electrons. The number of hydrogen-bond donors (Lipinski definition) is 1. The number of nitrogens with one attached hydrogen (secondary N) is 1. The highest BCUT2D eigenvalue weighted by Gasteiger charge is 2.39. The summed E-state index contributed by atoms with van der Waals surface area (Å²) >= 11 is 5.87. The molecule has 1 aliphatic heterocycles. The normalized spacial score (nSPS) is 17.7. The third kappa shape index (κ3) is 3.51. The molecule has 1 fully saturated rings. The molecule has 1 N–H and O–H groups in total. The van der Waals surface area contributed by atoms with Crippen LogP contribution in [0.2, 0.25) is 5.02 Å². The maximum atomic E-state index is 13.0. The van der Waals surface area contributed by atoms with Crippen molar-refractivity contribution in [3.63, 3.8) is 0 Å². The van der Waals surface area contributed by atoms with Crippen LogP contribution in [0.5, 0.6) is 0 Å². The fraction of sp³-hybridized carbons (Fsp3) is 0.190. The maximum Gasteiger partial charge on any atom is 0.243 e. The molecule has 3 aromatic carbocycles. The van der Waals surface area contributed by atoms with Crippen molar-refractivity contribution in [1.29, 1.82) is 0 Å². The first-order valence-electron chi connectivity index (χ1n) is 9.03. The van der Waals surface area contributed by atoms with Crippen molar-refractivity contribution < 1.29 is 13.2 Å². The van der Waals surface area contributed by atoms with Crippen LogP contribution in [-0.2, 0) is 14.8 Å². The van der Waals surface area contributed by atoms with Gasteiger partial charge in [-0.1, -0.05) is 48.0 Å². The van der Waals surface area contributed by atoms with Gasteiger partial charge >= 0.3 is 0 Å². The number of fused-ring (bicyclic) bond motifs is 1. The van der Waals surface area contributed by atoms with Crippen molar-refractivity contribution in [1.82, 2.24) is 4.31 Å². The van der Waals surface area contributed by atoms with E-state index in [2.05, 4.69) is 5.32 Å². The fourth-order valence-corrected chi connectivity index (χ4v) is 5.36. The molecule has 3 aromatic rings. The number of benzene rings is 3. The molecule has 4 rings (SSSR count). The minimum absolute atomic E-state index is 0.141. The van der Waals surface area contributed by atoms with Crippen molar-refractivity contribution in [3.05, 3.63) is 71.8 Å². The Labute approximate surface area is 169 Å². The largest absolute Gasteiger partial charge is 0.324 e. The Bertz CT molecular complexity index is 1120. The highest BCUT2D eigenvalue weighted by atomic mass is 35.5. The van der Waals surface area contributed by atoms with Gasteiger partial charge in [0, 0.05) is 22.6 Å². The van der Waals surface area contributed by atoms with Gasteiger partial charge in [-0.25, -0.2) is 8.42 Å². The SMILES string of the molecule is O=C(Nc1cccc2ccccc12)C1CCCN1S(=O)(=O)c1ccc(Cl)cc1. The Balaban J connectivity index is 1.61. The molecule has 0 spiro atoms. The number of hydrogen-bond acceptors (Lipinski definition) is 3. The lowest BCUT2D eigenvalue weighted by Crippen LogP contribution is -2.43. The van der Waals surface area contributed by atoms with Crippen molar-refractivity contribution in [2.75, 3.05) is 11.9 Å². The lowest BCUT2D eigenvalue weighted by atomic mass is 10.1. The molecular weight excluding hydrogens is 396 g/mol. The van der Waals surface area contributed by atoms with Crippen molar-refractivity contribution >= 4 is 44.0 Å². The molecule has 28 heavy (non-hydrogen) atoms. The van der Waals surface area contributed by atoms with E-state index in [0.717, 1.165) is 10.8 Å². The van der Waals surface area contributed by atoms with Gasteiger partial charge in [0.05, 0.1) is 4.90 Å². The first-order chi connectivity index (χ1) is 13.5. The predicted molar refractivity (Wildman–Crippen MR) is 111 cm³/mol. The van der Waals surface area contributed by atoms with Gasteiger partial charge in [0.1, 0.15) is 6.04 Å². The minimum atomic E-state index is -3.77. The van der Waals surface area contributed by atoms with E-state index >= 15 is 0 Å². The highest BCUT2D eigenvalue weighted by Crippen LogP contribution is 2.29. The average Bonchev–Trinajstić information content (AvgIpc) is 3.20. The lowest BCUT2D eigenvalue weighted by molar-refractivity contribution is -0.119. The smallest absolute Gasteiger partial charge is 0.243 e. The molecule has 1 saturated heterocycles. The summed E-state index contributed by atoms with van der Waals surface area (Å²) < 4.78 is 27.3. The Morgan fingerprint density at radius 3 is 2.50 bits per heavy atom. The van der Waals surface area contributed by atoms with Gasteiger partial charge in [-0.3, -0.25) is 4.79 Å². The van der Waals surface area contributed by atoms with E-state index in [1.807, 2.05) is 42.5 Å². The number of rotatable bonds is 4. The van der Waals surface area contributed by atoms with Crippen LogP contribution in [0.15, 0.2) is 71.6 Å². The average molecular weight is 415 g/mol. The second-order valence-corrected chi connectivity index (χ2v) is 9.07. The molecule has 0 saturated carbocycles. The van der Waals surface area contributed by atoms with Crippen LogP contribution in [0.1, 0.15) is 12.8 Å². The molecule has 0 radical (unpaired) electrons. The minimum Gasteiger partial charge on any atom is -0.324 e. The summed E-state index contributed by atoms with van der Waals surface area (Å²) in [6.45, 7) is 0.318. The molecular formula is C21H19ClN2O3S. The number of halogens is 1. The third-order valence-corrected chi connectivity index (χ3v) is 7.15. The summed E-state index contributed by atoms with van der Waals surface area (Å²) in [6.07, 6.45) is 1.13. The summed E-state index contributed by atoms with van der Waals surface area (Å²) in [5, 5.41) is 5.32. The van der Waals surface area contributed by atoms with Crippen molar-refractivity contribution in [3.8, 4) is 0 Å². The Morgan fingerprint density at radius 1 is 1.00 bits per heavy atom. The van der Waals surface area contributed by atoms with E-state index in [-0.39, 0.29) is 10.8 Å². The van der Waals surface area contributed by atoms with Crippen molar-refractivity contribution in [2.45, 2.75) is 23.8 Å². The number of carbonyl (C=O) groups excluding carboxylic acids is 1. The lowest BCUT2D eigenvalue weighted by Gasteiger charge is -2.23. The van der Waals surface area contributed by atoms with Gasteiger partial charge in [0.2, 0.25) is 15.9 Å². The van der Waals surface area contributed by atoms with Crippen LogP contribution in [-0.4, -0.2) is 31.2 Å². The predicted octanol–water partition coefficient (Wildman–Crippen LogP) is 4.29. The van der Waals surface area contributed by atoms with E-state index in [4.69, 9.17) is 11.6 Å². The van der Waals surface area contributed by atoms with Crippen LogP contribution in [0.25, 0.3) is 10.8 Å². The maximum absolute atomic E-state index is 13.0. The molecule has 0 aromatic heterocycles. The topological polar surface area (TPSA) is 66.5 Å². The molecule has 1 unspecified atom stereocenters. The summed E-state index contributed by atoms with van der Waals surface area (Å²) in [4.78, 5) is 13.1. The van der Waals surface area contributed by atoms with E-state index in [1.165, 1.54) is 28.6 Å². The Hall–Kier alpha value is -2.41. The summed E-state index contributed by atoms with van der Waals surface area (Å²) in [7, 11) is -3.77. The van der Waals surface area contributed by atoms with E-state index in [0.29, 0.717) is 30.1 Å². The van der Waals surface area contributed by atoms with Gasteiger partial charge in [-0.2, -0.15) is 4.31 Å². The molecule has 5 nitrogen and oxygen atoms in total. The molecule has 1 heterocycles. The zero-order valence-electron chi connectivity index (χ0n) is 15.0. The molecule has 1 aliphatic rings. The molecule has 0 aliphatic carbocycles. The van der Waals surface area contributed by atoms with Gasteiger partial charge in [-0.05, 0) is 48.6 Å². The number of anilines is 1. The van der Waals surface area contributed by atoms with Gasteiger partial charge in [0.25, 0.3) is 0 Å². The van der Waals surface area contributed by atoms with Crippen LogP contribution < -0.4 is 5.32 Å². The second-order valence-electron chi connectivity index (χ2n) is 6.74. The quantitative estimate of drug-likeness (QED) is 0.692. The first-order valence-corrected chi connectivity index (χ1v) is 10.8. The zero-order chi connectivity index (χ0) is 19.7. The fourth-order valence-electron chi connectivity index (χ4n) is 3.58. The van der Waals surface area contributed by atoms with Crippen LogP contribution in [0, 0.1) is 0 Å². The van der Waals surface area contributed by atoms with Gasteiger partial charge in [0.15, 0.2) is 0 Å². The van der Waals surface area contributed by atoms with Gasteiger partial charge < -0.3 is 5.32 Å². The number of sulfonamides is 1. The third-order valence-electron chi connectivity index (χ3n) is 4.97. The van der Waals surface area contributed by atoms with Gasteiger partial charge in [-0.15, -0.1) is 0 Å². The summed E-state index contributed by atoms with van der Waals surface area (Å²) in [6, 6.07) is 18.7. The zero-order valence-corrected chi connectivity index (χ0v) is 16.6. The number of carbonyl (C=O) groups is 1. The molecule has 1 atom stereocenters. The van der Waals surface area contributed by atoms with Crippen LogP contribution >= 0.6 is 11.6 Å².